The third kappa shape index (κ3) is 4.41. The van der Waals surface area contributed by atoms with Crippen molar-refractivity contribution < 1.29 is 14.3 Å². The number of fused-ring (bicyclic) bond motifs is 1. The minimum absolute atomic E-state index is 0.0262. The van der Waals surface area contributed by atoms with Gasteiger partial charge in [-0.1, -0.05) is 70.7 Å². The van der Waals surface area contributed by atoms with Crippen LogP contribution in [0.5, 0.6) is 5.75 Å². The van der Waals surface area contributed by atoms with Gasteiger partial charge in [-0.2, -0.15) is 0 Å². The second-order valence-corrected chi connectivity index (χ2v) is 9.13. The van der Waals surface area contributed by atoms with Gasteiger partial charge in [-0.25, -0.2) is 4.79 Å². The fraction of sp³-hybridized carbons (Fsp3) is 0.160. The van der Waals surface area contributed by atoms with Gasteiger partial charge in [0.25, 0.3) is 0 Å². The molecule has 1 aliphatic heterocycles. The van der Waals surface area contributed by atoms with Crippen molar-refractivity contribution in [2.24, 2.45) is 0 Å². The van der Waals surface area contributed by atoms with Crippen LogP contribution in [0.4, 0.5) is 5.69 Å². The van der Waals surface area contributed by atoms with Crippen LogP contribution in [0.3, 0.4) is 0 Å². The van der Waals surface area contributed by atoms with Crippen LogP contribution in [-0.4, -0.2) is 27.2 Å². The van der Waals surface area contributed by atoms with E-state index >= 15 is 0 Å². The van der Waals surface area contributed by atoms with Gasteiger partial charge in [0.2, 0.25) is 0 Å². The van der Waals surface area contributed by atoms with Crippen LogP contribution in [0.2, 0.25) is 20.1 Å². The molecular formula is C25H19Cl4NO3. The Morgan fingerprint density at radius 1 is 0.879 bits per heavy atom. The van der Waals surface area contributed by atoms with Crippen molar-refractivity contribution in [2.45, 2.75) is 6.10 Å². The van der Waals surface area contributed by atoms with E-state index in [4.69, 9.17) is 55.9 Å². The van der Waals surface area contributed by atoms with Crippen LogP contribution in [0.15, 0.2) is 54.6 Å². The lowest BCUT2D eigenvalue weighted by molar-refractivity contribution is 0.0468. The molecular weight excluding hydrogens is 504 g/mol. The predicted molar refractivity (Wildman–Crippen MR) is 135 cm³/mol. The zero-order valence-electron chi connectivity index (χ0n) is 18.0. The van der Waals surface area contributed by atoms with E-state index in [0.29, 0.717) is 5.56 Å². The zero-order chi connectivity index (χ0) is 23.9. The normalized spacial score (nSPS) is 15.3. The van der Waals surface area contributed by atoms with Crippen molar-refractivity contribution in [2.75, 3.05) is 26.1 Å². The third-order valence-corrected chi connectivity index (χ3v) is 7.26. The molecule has 0 saturated heterocycles. The second kappa shape index (κ2) is 9.47. The summed E-state index contributed by atoms with van der Waals surface area (Å²) in [7, 11) is 5.57. The van der Waals surface area contributed by atoms with Crippen molar-refractivity contribution in [1.29, 1.82) is 0 Å². The summed E-state index contributed by atoms with van der Waals surface area (Å²) < 4.78 is 10.9. The van der Waals surface area contributed by atoms with E-state index in [-0.39, 0.29) is 25.7 Å². The fourth-order valence-electron chi connectivity index (χ4n) is 3.69. The number of halogens is 4. The van der Waals surface area contributed by atoms with E-state index in [9.17, 15) is 4.79 Å². The van der Waals surface area contributed by atoms with Gasteiger partial charge >= 0.3 is 5.97 Å². The predicted octanol–water partition coefficient (Wildman–Crippen LogP) is 7.72. The highest BCUT2D eigenvalue weighted by Crippen LogP contribution is 2.49. The number of hydrogen-bond donors (Lipinski definition) is 0. The molecule has 0 bridgehead atoms. The number of nitrogens with zero attached hydrogens (tertiary/aromatic N) is 1. The Balaban J connectivity index is 1.89. The molecule has 0 amide bonds. The summed E-state index contributed by atoms with van der Waals surface area (Å²) in [4.78, 5) is 14.7. The van der Waals surface area contributed by atoms with Gasteiger partial charge in [0, 0.05) is 25.3 Å². The summed E-state index contributed by atoms with van der Waals surface area (Å²) in [5.74, 6) is 0.128. The summed E-state index contributed by atoms with van der Waals surface area (Å²) in [6.07, 6.45) is 1.04. The van der Waals surface area contributed by atoms with Crippen LogP contribution >= 0.6 is 46.4 Å². The molecule has 4 rings (SSSR count). The summed E-state index contributed by atoms with van der Waals surface area (Å²) in [6, 6.07) is 15.7. The quantitative estimate of drug-likeness (QED) is 0.195. The monoisotopic (exact) mass is 521 g/mol. The van der Waals surface area contributed by atoms with Gasteiger partial charge in [-0.3, -0.25) is 0 Å². The van der Waals surface area contributed by atoms with E-state index in [0.717, 1.165) is 28.1 Å². The van der Waals surface area contributed by atoms with Crippen molar-refractivity contribution in [3.05, 3.63) is 97.0 Å². The highest BCUT2D eigenvalue weighted by Gasteiger charge is 2.37. The number of methoxy groups -OCH3 is 1. The molecule has 1 unspecified atom stereocenters. The number of benzene rings is 3. The smallest absolute Gasteiger partial charge is 0.341 e. The van der Waals surface area contributed by atoms with Crippen molar-refractivity contribution in [3.8, 4) is 5.75 Å². The number of hydrogen-bond acceptors (Lipinski definition) is 4. The lowest BCUT2D eigenvalue weighted by Gasteiger charge is -2.16. The first-order valence-electron chi connectivity index (χ1n) is 9.93. The maximum Gasteiger partial charge on any atom is 0.341 e. The number of carbonyl (C=O) groups is 1. The maximum absolute atomic E-state index is 12.7. The summed E-state index contributed by atoms with van der Waals surface area (Å²) in [5, 5.41) is 0.284. The van der Waals surface area contributed by atoms with Crippen LogP contribution in [0.25, 0.3) is 5.57 Å². The fourth-order valence-corrected chi connectivity index (χ4v) is 4.74. The molecule has 0 fully saturated rings. The standard InChI is InChI=1S/C25H19Cl4NO3/c1-30(2)15-8-4-13(5-9-15)17(14-6-10-16(32-3)11-7-14)12-18-19-20(25(31)33-18)22(27)24(29)23(28)21(19)26/h4-12,18H,1-3H3/b17-12+. The molecule has 0 saturated carbocycles. The summed E-state index contributed by atoms with van der Waals surface area (Å²) in [5.41, 5.74) is 4.26. The number of esters is 1. The topological polar surface area (TPSA) is 38.8 Å². The molecule has 170 valence electrons. The molecule has 0 radical (unpaired) electrons. The number of rotatable bonds is 5. The molecule has 8 heteroatoms. The number of carbonyl (C=O) groups excluding carboxylic acids is 1. The van der Waals surface area contributed by atoms with E-state index in [1.807, 2.05) is 73.6 Å². The molecule has 1 aliphatic rings. The van der Waals surface area contributed by atoms with Gasteiger partial charge in [0.1, 0.15) is 11.9 Å². The second-order valence-electron chi connectivity index (χ2n) is 7.62. The third-order valence-electron chi connectivity index (χ3n) is 5.44. The average Bonchev–Trinajstić information content (AvgIpc) is 3.15. The van der Waals surface area contributed by atoms with E-state index in [2.05, 4.69) is 0 Å². The Kier molecular flexibility index (Phi) is 6.83. The van der Waals surface area contributed by atoms with Crippen LogP contribution in [0.1, 0.15) is 33.2 Å². The molecule has 4 nitrogen and oxygen atoms in total. The molecule has 3 aromatic rings. The Morgan fingerprint density at radius 3 is 1.97 bits per heavy atom. The summed E-state index contributed by atoms with van der Waals surface area (Å²) >= 11 is 25.2. The largest absolute Gasteiger partial charge is 0.497 e. The lowest BCUT2D eigenvalue weighted by atomic mass is 9.94. The minimum atomic E-state index is -0.794. The molecule has 0 spiro atoms. The highest BCUT2D eigenvalue weighted by molar-refractivity contribution is 6.53. The Morgan fingerprint density at radius 2 is 1.42 bits per heavy atom. The lowest BCUT2D eigenvalue weighted by Crippen LogP contribution is -2.08. The SMILES string of the molecule is COc1ccc(/C(=C/C2OC(=O)c3c(Cl)c(Cl)c(Cl)c(Cl)c32)c2ccc(N(C)C)cc2)cc1. The van der Waals surface area contributed by atoms with Gasteiger partial charge < -0.3 is 14.4 Å². The van der Waals surface area contributed by atoms with E-state index in [1.54, 1.807) is 7.11 Å². The summed E-state index contributed by atoms with van der Waals surface area (Å²) in [6.45, 7) is 0. The van der Waals surface area contributed by atoms with Crippen LogP contribution < -0.4 is 9.64 Å². The van der Waals surface area contributed by atoms with Crippen LogP contribution in [-0.2, 0) is 4.74 Å². The first-order valence-corrected chi connectivity index (χ1v) is 11.4. The van der Waals surface area contributed by atoms with Crippen molar-refractivity contribution in [3.63, 3.8) is 0 Å². The average molecular weight is 523 g/mol. The van der Waals surface area contributed by atoms with Crippen LogP contribution in [0, 0.1) is 0 Å². The first kappa shape index (κ1) is 23.8. The van der Waals surface area contributed by atoms with E-state index in [1.165, 1.54) is 0 Å². The number of anilines is 1. The zero-order valence-corrected chi connectivity index (χ0v) is 21.0. The van der Waals surface area contributed by atoms with Gasteiger partial charge in [-0.05, 0) is 47.0 Å². The molecule has 0 aliphatic carbocycles. The molecule has 0 N–H and O–H groups in total. The van der Waals surface area contributed by atoms with Crippen molar-refractivity contribution >= 4 is 63.6 Å². The molecule has 0 aromatic heterocycles. The molecule has 3 aromatic carbocycles. The number of cyclic esters (lactones) is 1. The first-order chi connectivity index (χ1) is 15.7. The van der Waals surface area contributed by atoms with Gasteiger partial charge in [0.05, 0.1) is 32.8 Å². The Labute approximate surface area is 212 Å². The minimum Gasteiger partial charge on any atom is -0.497 e. The number of ether oxygens (including phenoxy) is 2. The Bertz CT molecular complexity index is 1250. The molecule has 1 atom stereocenters. The molecule has 33 heavy (non-hydrogen) atoms. The maximum atomic E-state index is 12.7. The van der Waals surface area contributed by atoms with Gasteiger partial charge in [-0.15, -0.1) is 0 Å². The molecule has 1 heterocycles. The van der Waals surface area contributed by atoms with Crippen molar-refractivity contribution in [1.82, 2.24) is 0 Å². The Hall–Kier alpha value is -2.37. The van der Waals surface area contributed by atoms with E-state index < -0.39 is 12.1 Å². The highest BCUT2D eigenvalue weighted by atomic mass is 35.5. The van der Waals surface area contributed by atoms with Gasteiger partial charge in [0.15, 0.2) is 0 Å².